The van der Waals surface area contributed by atoms with Crippen LogP contribution in [0.3, 0.4) is 0 Å². The molecule has 20 heavy (non-hydrogen) atoms. The summed E-state index contributed by atoms with van der Waals surface area (Å²) in [6.07, 6.45) is 1.61. The van der Waals surface area contributed by atoms with Crippen LogP contribution in [0.2, 0.25) is 5.02 Å². The third kappa shape index (κ3) is 2.77. The van der Waals surface area contributed by atoms with Gasteiger partial charge in [0.05, 0.1) is 27.6 Å². The van der Waals surface area contributed by atoms with Crippen molar-refractivity contribution in [1.29, 1.82) is 0 Å². The molecule has 0 spiro atoms. The van der Waals surface area contributed by atoms with E-state index in [2.05, 4.69) is 30.9 Å². The van der Waals surface area contributed by atoms with Gasteiger partial charge >= 0.3 is 0 Å². The Balaban J connectivity index is 1.94. The van der Waals surface area contributed by atoms with Gasteiger partial charge < -0.3 is 9.72 Å². The molecule has 0 aliphatic rings. The van der Waals surface area contributed by atoms with Crippen LogP contribution in [-0.4, -0.2) is 22.1 Å². The van der Waals surface area contributed by atoms with Gasteiger partial charge in [0.25, 0.3) is 0 Å². The summed E-state index contributed by atoms with van der Waals surface area (Å²) in [5, 5.41) is 2.17. The zero-order valence-corrected chi connectivity index (χ0v) is 13.5. The smallest absolute Gasteiger partial charge is 0.172 e. The number of hydrogen-bond donors (Lipinski definition) is 1. The highest BCUT2D eigenvalue weighted by Crippen LogP contribution is 2.32. The highest BCUT2D eigenvalue weighted by atomic mass is 79.9. The number of hydrogen-bond acceptors (Lipinski definition) is 4. The number of imidazole rings is 1. The predicted molar refractivity (Wildman–Crippen MR) is 83.7 cm³/mol. The van der Waals surface area contributed by atoms with Crippen molar-refractivity contribution in [2.45, 2.75) is 10.2 Å². The maximum absolute atomic E-state index is 5.88. The van der Waals surface area contributed by atoms with Gasteiger partial charge in [-0.1, -0.05) is 11.6 Å². The van der Waals surface area contributed by atoms with E-state index in [4.69, 9.17) is 16.3 Å². The number of ether oxygens (including phenoxy) is 1. The van der Waals surface area contributed by atoms with E-state index >= 15 is 0 Å². The molecule has 0 unspecified atom stereocenters. The van der Waals surface area contributed by atoms with Crippen molar-refractivity contribution >= 4 is 50.3 Å². The Morgan fingerprint density at radius 2 is 2.20 bits per heavy atom. The first kappa shape index (κ1) is 13.7. The number of H-pyrrole nitrogens is 1. The largest absolute Gasteiger partial charge is 0.497 e. The molecule has 0 aliphatic carbocycles. The number of benzene rings is 1. The van der Waals surface area contributed by atoms with Crippen molar-refractivity contribution in [3.05, 3.63) is 40.0 Å². The highest BCUT2D eigenvalue weighted by Gasteiger charge is 2.09. The number of aromatic amines is 1. The Morgan fingerprint density at radius 1 is 1.35 bits per heavy atom. The van der Waals surface area contributed by atoms with Crippen LogP contribution in [0, 0.1) is 0 Å². The van der Waals surface area contributed by atoms with Crippen molar-refractivity contribution in [3.8, 4) is 5.75 Å². The van der Waals surface area contributed by atoms with Crippen molar-refractivity contribution in [2.24, 2.45) is 0 Å². The van der Waals surface area contributed by atoms with Gasteiger partial charge in [-0.25, -0.2) is 9.97 Å². The molecule has 0 radical (unpaired) electrons. The van der Waals surface area contributed by atoms with Gasteiger partial charge in [0.15, 0.2) is 5.16 Å². The quantitative estimate of drug-likeness (QED) is 0.735. The molecule has 0 bridgehead atoms. The van der Waals surface area contributed by atoms with Gasteiger partial charge in [-0.15, -0.1) is 0 Å². The molecule has 102 valence electrons. The summed E-state index contributed by atoms with van der Waals surface area (Å²) in [6.45, 7) is 0. The van der Waals surface area contributed by atoms with Crippen molar-refractivity contribution < 1.29 is 4.74 Å². The van der Waals surface area contributed by atoms with Crippen LogP contribution in [-0.2, 0) is 0 Å². The molecule has 2 aromatic heterocycles. The zero-order chi connectivity index (χ0) is 14.1. The standard InChI is InChI=1S/C13H9BrClN3OS/c1-19-8-2-3-10-11(5-8)18-13(17-10)20-12-9(14)4-7(15)6-16-12/h2-6H,1H3,(H,17,18). The Kier molecular flexibility index (Phi) is 3.87. The Bertz CT molecular complexity index is 777. The summed E-state index contributed by atoms with van der Waals surface area (Å²) >= 11 is 10.8. The van der Waals surface area contributed by atoms with Gasteiger partial charge in [-0.2, -0.15) is 0 Å². The summed E-state index contributed by atoms with van der Waals surface area (Å²) in [5.74, 6) is 0.795. The first-order valence-corrected chi connectivity index (χ1v) is 7.67. The van der Waals surface area contributed by atoms with Crippen LogP contribution in [0.25, 0.3) is 11.0 Å². The summed E-state index contributed by atoms with van der Waals surface area (Å²) in [4.78, 5) is 12.0. The van der Waals surface area contributed by atoms with Crippen LogP contribution in [0.15, 0.2) is 45.1 Å². The van der Waals surface area contributed by atoms with E-state index in [1.54, 1.807) is 13.3 Å². The molecule has 0 saturated heterocycles. The summed E-state index contributed by atoms with van der Waals surface area (Å²) < 4.78 is 6.03. The topological polar surface area (TPSA) is 50.8 Å². The number of fused-ring (bicyclic) bond motifs is 1. The molecular weight excluding hydrogens is 362 g/mol. The molecule has 3 rings (SSSR count). The number of aromatic nitrogens is 3. The number of nitrogens with zero attached hydrogens (tertiary/aromatic N) is 2. The lowest BCUT2D eigenvalue weighted by molar-refractivity contribution is 0.415. The molecule has 0 fully saturated rings. The van der Waals surface area contributed by atoms with Crippen molar-refractivity contribution in [2.75, 3.05) is 7.11 Å². The second kappa shape index (κ2) is 5.63. The van der Waals surface area contributed by atoms with Gasteiger partial charge in [0, 0.05) is 12.3 Å². The number of methoxy groups -OCH3 is 1. The predicted octanol–water partition coefficient (Wildman–Crippen LogP) is 4.53. The third-order valence-corrected chi connectivity index (χ3v) is 4.61. The van der Waals surface area contributed by atoms with Crippen LogP contribution >= 0.6 is 39.3 Å². The Morgan fingerprint density at radius 3 is 2.95 bits per heavy atom. The molecule has 7 heteroatoms. The van der Waals surface area contributed by atoms with Crippen LogP contribution in [0.5, 0.6) is 5.75 Å². The average Bonchev–Trinajstić information content (AvgIpc) is 2.83. The van der Waals surface area contributed by atoms with E-state index in [9.17, 15) is 0 Å². The maximum Gasteiger partial charge on any atom is 0.172 e. The SMILES string of the molecule is COc1ccc2nc(Sc3ncc(Cl)cc3Br)[nH]c2c1. The molecule has 4 nitrogen and oxygen atoms in total. The summed E-state index contributed by atoms with van der Waals surface area (Å²) in [5.41, 5.74) is 1.82. The average molecular weight is 371 g/mol. The molecular formula is C13H9BrClN3OS. The second-order valence-corrected chi connectivity index (χ2v) is 6.24. The second-order valence-electron chi connectivity index (χ2n) is 3.97. The lowest BCUT2D eigenvalue weighted by Gasteiger charge is -2.00. The van der Waals surface area contributed by atoms with Crippen molar-refractivity contribution in [1.82, 2.24) is 15.0 Å². The van der Waals surface area contributed by atoms with Crippen molar-refractivity contribution in [3.63, 3.8) is 0 Å². The van der Waals surface area contributed by atoms with Crippen LogP contribution in [0.4, 0.5) is 0 Å². The number of nitrogens with one attached hydrogen (secondary N) is 1. The summed E-state index contributed by atoms with van der Waals surface area (Å²) in [6, 6.07) is 7.52. The normalized spacial score (nSPS) is 10.9. The zero-order valence-electron chi connectivity index (χ0n) is 10.4. The lowest BCUT2D eigenvalue weighted by atomic mass is 10.3. The Labute approximate surface area is 133 Å². The molecule has 2 heterocycles. The fraction of sp³-hybridized carbons (Fsp3) is 0.0769. The molecule has 0 atom stereocenters. The monoisotopic (exact) mass is 369 g/mol. The Hall–Kier alpha value is -1.24. The van der Waals surface area contributed by atoms with Gasteiger partial charge in [-0.3, -0.25) is 0 Å². The molecule has 0 amide bonds. The number of pyridine rings is 1. The minimum Gasteiger partial charge on any atom is -0.497 e. The fourth-order valence-corrected chi connectivity index (χ4v) is 3.34. The van der Waals surface area contributed by atoms with E-state index in [0.29, 0.717) is 5.02 Å². The molecule has 0 aliphatic heterocycles. The van der Waals surface area contributed by atoms with Crippen LogP contribution < -0.4 is 4.74 Å². The van der Waals surface area contributed by atoms with Gasteiger partial charge in [-0.05, 0) is 45.9 Å². The number of halogens is 2. The van der Waals surface area contributed by atoms with E-state index in [-0.39, 0.29) is 0 Å². The highest BCUT2D eigenvalue weighted by molar-refractivity contribution is 9.10. The minimum absolute atomic E-state index is 0.593. The third-order valence-electron chi connectivity index (χ3n) is 2.63. The van der Waals surface area contributed by atoms with E-state index < -0.39 is 0 Å². The van der Waals surface area contributed by atoms with Crippen LogP contribution in [0.1, 0.15) is 0 Å². The summed E-state index contributed by atoms with van der Waals surface area (Å²) in [7, 11) is 1.64. The maximum atomic E-state index is 5.88. The van der Waals surface area contributed by atoms with Gasteiger partial charge in [0.1, 0.15) is 10.8 Å². The minimum atomic E-state index is 0.593. The van der Waals surface area contributed by atoms with E-state index in [1.165, 1.54) is 11.8 Å². The molecule has 1 aromatic carbocycles. The molecule has 3 aromatic rings. The lowest BCUT2D eigenvalue weighted by Crippen LogP contribution is -1.83. The first-order chi connectivity index (χ1) is 9.65. The van der Waals surface area contributed by atoms with E-state index in [0.717, 1.165) is 31.4 Å². The number of rotatable bonds is 3. The molecule has 1 N–H and O–H groups in total. The van der Waals surface area contributed by atoms with Gasteiger partial charge in [0.2, 0.25) is 0 Å². The fourth-order valence-electron chi connectivity index (χ4n) is 1.71. The van der Waals surface area contributed by atoms with E-state index in [1.807, 2.05) is 24.3 Å². The first-order valence-electron chi connectivity index (χ1n) is 5.68. The molecule has 0 saturated carbocycles.